The summed E-state index contributed by atoms with van der Waals surface area (Å²) in [7, 11) is 0. The first-order chi connectivity index (χ1) is 10.5. The molecule has 1 N–H and O–H groups in total. The molecule has 0 atom stereocenters. The first-order valence-electron chi connectivity index (χ1n) is 6.88. The molecule has 2 heterocycles. The number of aryl methyl sites for hydroxylation is 2. The van der Waals surface area contributed by atoms with E-state index in [9.17, 15) is 9.18 Å². The molecule has 0 aliphatic rings. The smallest absolute Gasteiger partial charge is 0.270 e. The van der Waals surface area contributed by atoms with E-state index >= 15 is 0 Å². The third-order valence-corrected chi connectivity index (χ3v) is 3.34. The summed E-state index contributed by atoms with van der Waals surface area (Å²) < 4.78 is 14.8. The van der Waals surface area contributed by atoms with E-state index in [0.717, 1.165) is 5.56 Å². The average molecular weight is 298 g/mol. The van der Waals surface area contributed by atoms with Crippen molar-refractivity contribution in [1.82, 2.24) is 19.7 Å². The summed E-state index contributed by atoms with van der Waals surface area (Å²) in [6.07, 6.45) is 3.52. The van der Waals surface area contributed by atoms with Crippen LogP contribution >= 0.6 is 0 Å². The van der Waals surface area contributed by atoms with Gasteiger partial charge in [-0.25, -0.2) is 14.4 Å². The highest BCUT2D eigenvalue weighted by Gasteiger charge is 2.17. The lowest BCUT2D eigenvalue weighted by Crippen LogP contribution is -2.25. The van der Waals surface area contributed by atoms with Gasteiger partial charge in [-0.15, -0.1) is 0 Å². The van der Waals surface area contributed by atoms with Crippen molar-refractivity contribution in [2.75, 3.05) is 0 Å². The summed E-state index contributed by atoms with van der Waals surface area (Å²) in [5.74, 6) is -0.0989. The predicted molar refractivity (Wildman–Crippen MR) is 80.0 cm³/mol. The monoisotopic (exact) mass is 298 g/mol. The molecule has 2 aromatic heterocycles. The van der Waals surface area contributed by atoms with Gasteiger partial charge in [-0.2, -0.15) is 0 Å². The van der Waals surface area contributed by atoms with E-state index in [4.69, 9.17) is 0 Å². The molecule has 0 spiro atoms. The van der Waals surface area contributed by atoms with Crippen molar-refractivity contribution in [2.24, 2.45) is 0 Å². The van der Waals surface area contributed by atoms with E-state index < -0.39 is 0 Å². The Hall–Kier alpha value is -2.76. The van der Waals surface area contributed by atoms with Crippen LogP contribution in [0, 0.1) is 19.7 Å². The lowest BCUT2D eigenvalue weighted by molar-refractivity contribution is 0.0944. The minimum absolute atomic E-state index is 0.252. The van der Waals surface area contributed by atoms with E-state index in [2.05, 4.69) is 15.3 Å². The normalized spacial score (nSPS) is 10.9. The number of rotatable bonds is 3. The number of aromatic nitrogens is 3. The molecule has 22 heavy (non-hydrogen) atoms. The van der Waals surface area contributed by atoms with Gasteiger partial charge < -0.3 is 5.32 Å². The molecule has 3 aromatic rings. The molecular weight excluding hydrogens is 283 g/mol. The molecule has 1 aromatic carbocycles. The van der Waals surface area contributed by atoms with Crippen LogP contribution in [0.15, 0.2) is 36.7 Å². The Morgan fingerprint density at radius 2 is 2.18 bits per heavy atom. The minimum Gasteiger partial charge on any atom is -0.347 e. The van der Waals surface area contributed by atoms with Gasteiger partial charge in [-0.1, -0.05) is 12.1 Å². The number of carbonyl (C=O) groups excluding carboxylic acids is 1. The number of benzene rings is 1. The van der Waals surface area contributed by atoms with Gasteiger partial charge in [0.15, 0.2) is 0 Å². The van der Waals surface area contributed by atoms with Crippen LogP contribution in [-0.4, -0.2) is 20.3 Å². The number of imidazole rings is 1. The minimum atomic E-state index is -0.322. The second kappa shape index (κ2) is 5.55. The Labute approximate surface area is 126 Å². The molecule has 0 saturated carbocycles. The molecule has 0 bridgehead atoms. The Kier molecular flexibility index (Phi) is 3.58. The number of carbonyl (C=O) groups is 1. The molecule has 0 aliphatic carbocycles. The molecule has 0 unspecified atom stereocenters. The number of nitrogens with one attached hydrogen (secondary N) is 1. The molecule has 5 nitrogen and oxygen atoms in total. The third kappa shape index (κ3) is 2.67. The quantitative estimate of drug-likeness (QED) is 0.808. The maximum Gasteiger partial charge on any atom is 0.270 e. The predicted octanol–water partition coefficient (Wildman–Crippen LogP) is 2.42. The van der Waals surface area contributed by atoms with Gasteiger partial charge in [0.25, 0.3) is 5.91 Å². The number of nitrogens with zero attached hydrogens (tertiary/aromatic N) is 3. The van der Waals surface area contributed by atoms with Gasteiger partial charge in [0.05, 0.1) is 5.69 Å². The van der Waals surface area contributed by atoms with Gasteiger partial charge >= 0.3 is 0 Å². The zero-order chi connectivity index (χ0) is 15.7. The summed E-state index contributed by atoms with van der Waals surface area (Å²) in [5.41, 5.74) is 2.69. The Morgan fingerprint density at radius 3 is 2.95 bits per heavy atom. The second-order valence-corrected chi connectivity index (χ2v) is 5.16. The van der Waals surface area contributed by atoms with E-state index in [1.165, 1.54) is 12.1 Å². The third-order valence-electron chi connectivity index (χ3n) is 3.34. The number of halogens is 1. The van der Waals surface area contributed by atoms with Crippen molar-refractivity contribution >= 4 is 11.7 Å². The summed E-state index contributed by atoms with van der Waals surface area (Å²) in [5, 5.41) is 2.79. The van der Waals surface area contributed by atoms with Crippen LogP contribution < -0.4 is 5.32 Å². The molecule has 1 amide bonds. The Morgan fingerprint density at radius 1 is 1.36 bits per heavy atom. The molecule has 0 radical (unpaired) electrons. The Balaban J connectivity index is 1.86. The molecular formula is C16H15FN4O. The van der Waals surface area contributed by atoms with Crippen LogP contribution in [0.3, 0.4) is 0 Å². The SMILES string of the molecule is Cc1cnc2nc(C)c(C(=O)NCc3cccc(F)c3)n2c1. The number of hydrogen-bond acceptors (Lipinski definition) is 3. The highest BCUT2D eigenvalue weighted by Crippen LogP contribution is 2.12. The molecule has 6 heteroatoms. The summed E-state index contributed by atoms with van der Waals surface area (Å²) in [4.78, 5) is 20.9. The summed E-state index contributed by atoms with van der Waals surface area (Å²) in [6, 6.07) is 6.14. The fraction of sp³-hybridized carbons (Fsp3) is 0.188. The standard InChI is InChI=1S/C16H15FN4O/c1-10-7-19-16-20-11(2)14(21(16)9-10)15(22)18-8-12-4-3-5-13(17)6-12/h3-7,9H,8H2,1-2H3,(H,18,22). The van der Waals surface area contributed by atoms with Crippen molar-refractivity contribution in [3.63, 3.8) is 0 Å². The zero-order valence-corrected chi connectivity index (χ0v) is 12.3. The number of hydrogen-bond donors (Lipinski definition) is 1. The van der Waals surface area contributed by atoms with Crippen molar-refractivity contribution in [3.8, 4) is 0 Å². The largest absolute Gasteiger partial charge is 0.347 e. The molecule has 112 valence electrons. The van der Waals surface area contributed by atoms with Crippen LogP contribution in [0.2, 0.25) is 0 Å². The van der Waals surface area contributed by atoms with Crippen LogP contribution in [0.4, 0.5) is 4.39 Å². The zero-order valence-electron chi connectivity index (χ0n) is 12.3. The molecule has 3 rings (SSSR count). The summed E-state index contributed by atoms with van der Waals surface area (Å²) >= 11 is 0. The topological polar surface area (TPSA) is 59.3 Å². The first-order valence-corrected chi connectivity index (χ1v) is 6.88. The molecule has 0 aliphatic heterocycles. The molecule has 0 saturated heterocycles. The second-order valence-electron chi connectivity index (χ2n) is 5.16. The van der Waals surface area contributed by atoms with E-state index in [1.807, 2.05) is 13.1 Å². The van der Waals surface area contributed by atoms with Crippen molar-refractivity contribution < 1.29 is 9.18 Å². The highest BCUT2D eigenvalue weighted by molar-refractivity contribution is 5.94. The fourth-order valence-corrected chi connectivity index (χ4v) is 2.33. The van der Waals surface area contributed by atoms with E-state index in [-0.39, 0.29) is 18.3 Å². The van der Waals surface area contributed by atoms with Gasteiger partial charge in [0, 0.05) is 18.9 Å². The van der Waals surface area contributed by atoms with E-state index in [1.54, 1.807) is 29.7 Å². The van der Waals surface area contributed by atoms with Crippen LogP contribution in [-0.2, 0) is 6.54 Å². The van der Waals surface area contributed by atoms with Gasteiger partial charge in [0.2, 0.25) is 5.78 Å². The van der Waals surface area contributed by atoms with Crippen LogP contribution in [0.25, 0.3) is 5.78 Å². The van der Waals surface area contributed by atoms with Crippen molar-refractivity contribution in [1.29, 1.82) is 0 Å². The maximum absolute atomic E-state index is 13.1. The fourth-order valence-electron chi connectivity index (χ4n) is 2.33. The summed E-state index contributed by atoms with van der Waals surface area (Å²) in [6.45, 7) is 3.92. The van der Waals surface area contributed by atoms with Crippen LogP contribution in [0.5, 0.6) is 0 Å². The molecule has 0 fully saturated rings. The van der Waals surface area contributed by atoms with E-state index in [0.29, 0.717) is 22.7 Å². The Bertz CT molecular complexity index is 856. The maximum atomic E-state index is 13.1. The highest BCUT2D eigenvalue weighted by atomic mass is 19.1. The van der Waals surface area contributed by atoms with Crippen molar-refractivity contribution in [3.05, 3.63) is 65.0 Å². The lowest BCUT2D eigenvalue weighted by atomic mass is 10.2. The van der Waals surface area contributed by atoms with Crippen molar-refractivity contribution in [2.45, 2.75) is 20.4 Å². The van der Waals surface area contributed by atoms with Gasteiger partial charge in [-0.05, 0) is 37.1 Å². The average Bonchev–Trinajstić information content (AvgIpc) is 2.80. The number of fused-ring (bicyclic) bond motifs is 1. The first kappa shape index (κ1) is 14.2. The van der Waals surface area contributed by atoms with Gasteiger partial charge in [0.1, 0.15) is 11.5 Å². The number of amides is 1. The lowest BCUT2D eigenvalue weighted by Gasteiger charge is -2.06. The van der Waals surface area contributed by atoms with Gasteiger partial charge in [-0.3, -0.25) is 9.20 Å². The van der Waals surface area contributed by atoms with Crippen LogP contribution in [0.1, 0.15) is 27.3 Å².